The molecular weight excluding hydrogens is 206 g/mol. The fraction of sp³-hybridized carbons (Fsp3) is 0.556. The van der Waals surface area contributed by atoms with Crippen LogP contribution in [0, 0.1) is 0 Å². The van der Waals surface area contributed by atoms with Gasteiger partial charge in [0.25, 0.3) is 0 Å². The van der Waals surface area contributed by atoms with Gasteiger partial charge in [-0.25, -0.2) is 0 Å². The summed E-state index contributed by atoms with van der Waals surface area (Å²) in [5.41, 5.74) is 6.70. The van der Waals surface area contributed by atoms with Gasteiger partial charge >= 0.3 is 0 Å². The molecule has 2 heterocycles. The van der Waals surface area contributed by atoms with E-state index >= 15 is 0 Å². The van der Waals surface area contributed by atoms with E-state index in [1.54, 1.807) is 11.3 Å². The molecule has 0 fully saturated rings. The number of hydrogen-bond acceptors (Lipinski definition) is 3. The quantitative estimate of drug-likeness (QED) is 0.822. The molecular formula is C9H12ClNOS. The Morgan fingerprint density at radius 2 is 2.38 bits per heavy atom. The van der Waals surface area contributed by atoms with Gasteiger partial charge < -0.3 is 10.5 Å². The molecule has 72 valence electrons. The van der Waals surface area contributed by atoms with Crippen LogP contribution in [0.25, 0.3) is 0 Å². The Bertz CT molecular complexity index is 311. The van der Waals surface area contributed by atoms with Crippen LogP contribution in [-0.2, 0) is 24.2 Å². The maximum absolute atomic E-state index is 6.20. The molecule has 0 aliphatic carbocycles. The van der Waals surface area contributed by atoms with E-state index in [-0.39, 0.29) is 0 Å². The average Bonchev–Trinajstić information content (AvgIpc) is 2.46. The first-order valence-electron chi connectivity index (χ1n) is 4.39. The fourth-order valence-corrected chi connectivity index (χ4v) is 3.16. The lowest BCUT2D eigenvalue weighted by Crippen LogP contribution is -2.06. The molecule has 0 amide bonds. The van der Waals surface area contributed by atoms with Crippen LogP contribution < -0.4 is 5.73 Å². The van der Waals surface area contributed by atoms with E-state index in [2.05, 4.69) is 0 Å². The molecule has 0 saturated heterocycles. The standard InChI is InChI=1S/C9H12ClNOS/c10-9-6-5-12-4-2-7(6)13-8(9)1-3-11/h1-5,11H2. The van der Waals surface area contributed by atoms with Crippen molar-refractivity contribution in [3.63, 3.8) is 0 Å². The van der Waals surface area contributed by atoms with Crippen LogP contribution in [0.2, 0.25) is 5.02 Å². The van der Waals surface area contributed by atoms with Crippen LogP contribution in [0.15, 0.2) is 0 Å². The van der Waals surface area contributed by atoms with E-state index in [0.29, 0.717) is 13.2 Å². The lowest BCUT2D eigenvalue weighted by Gasteiger charge is -2.11. The van der Waals surface area contributed by atoms with Crippen molar-refractivity contribution in [3.05, 3.63) is 20.3 Å². The van der Waals surface area contributed by atoms with Gasteiger partial charge in [-0.15, -0.1) is 11.3 Å². The normalized spacial score (nSPS) is 15.8. The Balaban J connectivity index is 2.33. The molecule has 1 aromatic heterocycles. The molecule has 0 atom stereocenters. The zero-order chi connectivity index (χ0) is 9.26. The second-order valence-electron chi connectivity index (χ2n) is 3.08. The third kappa shape index (κ3) is 1.74. The zero-order valence-electron chi connectivity index (χ0n) is 7.31. The summed E-state index contributed by atoms with van der Waals surface area (Å²) in [4.78, 5) is 2.61. The van der Waals surface area contributed by atoms with Gasteiger partial charge in [-0.1, -0.05) is 11.6 Å². The highest BCUT2D eigenvalue weighted by atomic mass is 35.5. The second-order valence-corrected chi connectivity index (χ2v) is 4.65. The van der Waals surface area contributed by atoms with Gasteiger partial charge in [-0.05, 0) is 13.0 Å². The van der Waals surface area contributed by atoms with Gasteiger partial charge in [-0.2, -0.15) is 0 Å². The zero-order valence-corrected chi connectivity index (χ0v) is 8.88. The van der Waals surface area contributed by atoms with Crippen LogP contribution in [0.1, 0.15) is 15.3 Å². The molecule has 2 nitrogen and oxygen atoms in total. The van der Waals surface area contributed by atoms with Gasteiger partial charge in [0.15, 0.2) is 0 Å². The minimum Gasteiger partial charge on any atom is -0.376 e. The first kappa shape index (κ1) is 9.46. The maximum atomic E-state index is 6.20. The smallest absolute Gasteiger partial charge is 0.0742 e. The summed E-state index contributed by atoms with van der Waals surface area (Å²) in [7, 11) is 0. The Morgan fingerprint density at radius 1 is 1.54 bits per heavy atom. The van der Waals surface area contributed by atoms with E-state index in [0.717, 1.165) is 24.5 Å². The third-order valence-corrected chi connectivity index (χ3v) is 4.10. The number of thiophene rings is 1. The summed E-state index contributed by atoms with van der Waals surface area (Å²) in [5.74, 6) is 0. The highest BCUT2D eigenvalue weighted by Crippen LogP contribution is 2.35. The Labute approximate surface area is 86.6 Å². The van der Waals surface area contributed by atoms with Crippen LogP contribution in [0.4, 0.5) is 0 Å². The van der Waals surface area contributed by atoms with Gasteiger partial charge in [-0.3, -0.25) is 0 Å². The number of fused-ring (bicyclic) bond motifs is 1. The number of nitrogens with two attached hydrogens (primary N) is 1. The first-order chi connectivity index (χ1) is 6.33. The summed E-state index contributed by atoms with van der Waals surface area (Å²) in [6, 6.07) is 0. The van der Waals surface area contributed by atoms with Crippen molar-refractivity contribution in [2.24, 2.45) is 5.73 Å². The van der Waals surface area contributed by atoms with Crippen molar-refractivity contribution >= 4 is 22.9 Å². The average molecular weight is 218 g/mol. The van der Waals surface area contributed by atoms with Crippen LogP contribution in [0.3, 0.4) is 0 Å². The number of ether oxygens (including phenoxy) is 1. The third-order valence-electron chi connectivity index (χ3n) is 2.18. The molecule has 1 aliphatic heterocycles. The van der Waals surface area contributed by atoms with Crippen molar-refractivity contribution in [2.75, 3.05) is 13.2 Å². The summed E-state index contributed by atoms with van der Waals surface area (Å²) in [6.07, 6.45) is 1.89. The minimum atomic E-state index is 0.667. The molecule has 0 saturated carbocycles. The highest BCUT2D eigenvalue weighted by molar-refractivity contribution is 7.12. The first-order valence-corrected chi connectivity index (χ1v) is 5.59. The van der Waals surface area contributed by atoms with Crippen LogP contribution in [-0.4, -0.2) is 13.2 Å². The van der Waals surface area contributed by atoms with E-state index in [1.807, 2.05) is 0 Å². The van der Waals surface area contributed by atoms with Crippen molar-refractivity contribution in [2.45, 2.75) is 19.4 Å². The van der Waals surface area contributed by atoms with Crippen molar-refractivity contribution in [1.82, 2.24) is 0 Å². The predicted molar refractivity (Wildman–Crippen MR) is 55.4 cm³/mol. The summed E-state index contributed by atoms with van der Waals surface area (Å²) < 4.78 is 5.36. The van der Waals surface area contributed by atoms with E-state index in [1.165, 1.54) is 15.3 Å². The largest absolute Gasteiger partial charge is 0.376 e. The van der Waals surface area contributed by atoms with Crippen molar-refractivity contribution in [3.8, 4) is 0 Å². The Morgan fingerprint density at radius 3 is 3.08 bits per heavy atom. The molecule has 0 radical (unpaired) electrons. The van der Waals surface area contributed by atoms with E-state index < -0.39 is 0 Å². The molecule has 0 bridgehead atoms. The highest BCUT2D eigenvalue weighted by Gasteiger charge is 2.18. The molecule has 2 rings (SSSR count). The second kappa shape index (κ2) is 3.96. The topological polar surface area (TPSA) is 35.2 Å². The number of rotatable bonds is 2. The molecule has 0 spiro atoms. The monoisotopic (exact) mass is 217 g/mol. The molecule has 2 N–H and O–H groups in total. The van der Waals surface area contributed by atoms with Gasteiger partial charge in [0, 0.05) is 21.7 Å². The van der Waals surface area contributed by atoms with Crippen LogP contribution in [0.5, 0.6) is 0 Å². The van der Waals surface area contributed by atoms with E-state index in [4.69, 9.17) is 22.1 Å². The van der Waals surface area contributed by atoms with Gasteiger partial charge in [0.05, 0.1) is 18.2 Å². The molecule has 0 unspecified atom stereocenters. The molecule has 0 aromatic carbocycles. The van der Waals surface area contributed by atoms with Crippen molar-refractivity contribution < 1.29 is 4.74 Å². The summed E-state index contributed by atoms with van der Waals surface area (Å²) in [6.45, 7) is 2.17. The summed E-state index contributed by atoms with van der Waals surface area (Å²) >= 11 is 7.99. The lowest BCUT2D eigenvalue weighted by molar-refractivity contribution is 0.112. The SMILES string of the molecule is NCCc1sc2c(c1Cl)COCC2. The van der Waals surface area contributed by atoms with Gasteiger partial charge in [0.2, 0.25) is 0 Å². The molecule has 13 heavy (non-hydrogen) atoms. The number of hydrogen-bond donors (Lipinski definition) is 1. The maximum Gasteiger partial charge on any atom is 0.0742 e. The van der Waals surface area contributed by atoms with Crippen molar-refractivity contribution in [1.29, 1.82) is 0 Å². The van der Waals surface area contributed by atoms with Crippen LogP contribution >= 0.6 is 22.9 Å². The molecule has 4 heteroatoms. The Hall–Kier alpha value is -0.0900. The van der Waals surface area contributed by atoms with E-state index in [9.17, 15) is 0 Å². The molecule has 1 aromatic rings. The fourth-order valence-electron chi connectivity index (χ4n) is 1.52. The summed E-state index contributed by atoms with van der Waals surface area (Å²) in [5, 5.41) is 0.894. The Kier molecular flexibility index (Phi) is 2.89. The van der Waals surface area contributed by atoms with Gasteiger partial charge in [0.1, 0.15) is 0 Å². The number of halogens is 1. The molecule has 1 aliphatic rings. The lowest BCUT2D eigenvalue weighted by atomic mass is 10.2. The predicted octanol–water partition coefficient (Wildman–Crippen LogP) is 1.98. The minimum absolute atomic E-state index is 0.667.